The topological polar surface area (TPSA) is 20.3 Å². The molecule has 0 saturated carbocycles. The van der Waals surface area contributed by atoms with Crippen LogP contribution in [0.2, 0.25) is 0 Å². The van der Waals surface area contributed by atoms with Gasteiger partial charge in [-0.25, -0.2) is 0 Å². The van der Waals surface area contributed by atoms with E-state index in [1.807, 2.05) is 0 Å². The van der Waals surface area contributed by atoms with Crippen LogP contribution in [0.3, 0.4) is 0 Å². The van der Waals surface area contributed by atoms with Crippen LogP contribution >= 0.6 is 0 Å². The molecule has 1 fully saturated rings. The number of rotatable bonds is 3. The van der Waals surface area contributed by atoms with Crippen molar-refractivity contribution < 1.29 is 4.79 Å². The van der Waals surface area contributed by atoms with Crippen molar-refractivity contribution in [2.75, 3.05) is 20.1 Å². The fraction of sp³-hybridized carbons (Fsp3) is 0.562. The van der Waals surface area contributed by atoms with E-state index in [2.05, 4.69) is 43.1 Å². The predicted molar refractivity (Wildman–Crippen MR) is 74.9 cm³/mol. The van der Waals surface area contributed by atoms with Gasteiger partial charge < -0.3 is 4.90 Å². The number of nitrogens with zero attached hydrogens (tertiary/aromatic N) is 1. The number of ketones is 1. The molecule has 0 aliphatic carbocycles. The van der Waals surface area contributed by atoms with Crippen molar-refractivity contribution in [1.82, 2.24) is 4.90 Å². The lowest BCUT2D eigenvalue weighted by Crippen LogP contribution is -2.45. The number of aryl methyl sites for hydroxylation is 1. The number of benzene rings is 1. The molecule has 1 aromatic carbocycles. The van der Waals surface area contributed by atoms with Gasteiger partial charge >= 0.3 is 0 Å². The molecule has 2 heteroatoms. The lowest BCUT2D eigenvalue weighted by atomic mass is 9.70. The number of piperidine rings is 1. The molecule has 2 nitrogen and oxygen atoms in total. The molecule has 0 unspecified atom stereocenters. The molecule has 98 valence electrons. The fourth-order valence-electron chi connectivity index (χ4n) is 2.90. The molecule has 0 N–H and O–H groups in total. The van der Waals surface area contributed by atoms with E-state index in [0.717, 1.165) is 32.4 Å². The zero-order chi connectivity index (χ0) is 13.2. The van der Waals surface area contributed by atoms with Gasteiger partial charge in [-0.1, -0.05) is 31.2 Å². The third-order valence-corrected chi connectivity index (χ3v) is 4.43. The van der Waals surface area contributed by atoms with E-state index in [1.165, 1.54) is 11.1 Å². The van der Waals surface area contributed by atoms with E-state index < -0.39 is 0 Å². The van der Waals surface area contributed by atoms with Crippen LogP contribution in [0.15, 0.2) is 24.3 Å². The summed E-state index contributed by atoms with van der Waals surface area (Å²) in [6.45, 7) is 5.93. The summed E-state index contributed by atoms with van der Waals surface area (Å²) in [5.74, 6) is 0.319. The monoisotopic (exact) mass is 245 g/mol. The first-order valence-corrected chi connectivity index (χ1v) is 6.87. The van der Waals surface area contributed by atoms with Gasteiger partial charge in [0.2, 0.25) is 0 Å². The molecule has 1 aliphatic rings. The smallest absolute Gasteiger partial charge is 0.140 e. The molecular formula is C16H23NO. The summed E-state index contributed by atoms with van der Waals surface area (Å²) in [5, 5.41) is 0. The number of hydrogen-bond donors (Lipinski definition) is 0. The van der Waals surface area contributed by atoms with E-state index in [9.17, 15) is 4.79 Å². The van der Waals surface area contributed by atoms with E-state index in [0.29, 0.717) is 5.78 Å². The second-order valence-electron chi connectivity index (χ2n) is 5.49. The maximum Gasteiger partial charge on any atom is 0.140 e. The van der Waals surface area contributed by atoms with Crippen molar-refractivity contribution in [1.29, 1.82) is 0 Å². The second-order valence-corrected chi connectivity index (χ2v) is 5.49. The van der Waals surface area contributed by atoms with Crippen LogP contribution in [0.5, 0.6) is 0 Å². The molecule has 0 aromatic heterocycles. The van der Waals surface area contributed by atoms with Crippen LogP contribution in [-0.2, 0) is 16.6 Å². The molecule has 0 atom stereocenters. The molecule has 2 rings (SSSR count). The molecule has 0 bridgehead atoms. The molecule has 0 spiro atoms. The van der Waals surface area contributed by atoms with Gasteiger partial charge in [-0.15, -0.1) is 0 Å². The van der Waals surface area contributed by atoms with Crippen molar-refractivity contribution in [2.24, 2.45) is 0 Å². The molecule has 1 aliphatic heterocycles. The Morgan fingerprint density at radius 3 is 2.22 bits per heavy atom. The summed E-state index contributed by atoms with van der Waals surface area (Å²) in [6, 6.07) is 8.65. The second kappa shape index (κ2) is 5.23. The average Bonchev–Trinajstić information content (AvgIpc) is 2.40. The summed E-state index contributed by atoms with van der Waals surface area (Å²) in [7, 11) is 2.13. The first-order valence-electron chi connectivity index (χ1n) is 6.87. The van der Waals surface area contributed by atoms with Crippen molar-refractivity contribution in [2.45, 2.75) is 38.5 Å². The highest BCUT2D eigenvalue weighted by molar-refractivity contribution is 5.88. The summed E-state index contributed by atoms with van der Waals surface area (Å²) in [5.41, 5.74) is 2.31. The Hall–Kier alpha value is -1.15. The zero-order valence-electron chi connectivity index (χ0n) is 11.7. The van der Waals surface area contributed by atoms with Crippen molar-refractivity contribution in [3.63, 3.8) is 0 Å². The Balaban J connectivity index is 2.32. The van der Waals surface area contributed by atoms with Crippen LogP contribution < -0.4 is 0 Å². The summed E-state index contributed by atoms with van der Waals surface area (Å²) < 4.78 is 0. The number of Topliss-reactive ketones (excluding diaryl/α,β-unsaturated/α-hetero) is 1. The first kappa shape index (κ1) is 13.3. The molecule has 1 saturated heterocycles. The largest absolute Gasteiger partial charge is 0.306 e. The van der Waals surface area contributed by atoms with E-state index >= 15 is 0 Å². The maximum absolute atomic E-state index is 12.2. The third-order valence-electron chi connectivity index (χ3n) is 4.43. The number of likely N-dealkylation sites (tertiary alicyclic amines) is 1. The predicted octanol–water partition coefficient (Wildman–Crippen LogP) is 2.80. The normalized spacial score (nSPS) is 19.7. The summed E-state index contributed by atoms with van der Waals surface area (Å²) >= 11 is 0. The summed E-state index contributed by atoms with van der Waals surface area (Å²) in [6.07, 6.45) is 2.95. The van der Waals surface area contributed by atoms with Gasteiger partial charge in [0, 0.05) is 0 Å². The van der Waals surface area contributed by atoms with Crippen LogP contribution in [-0.4, -0.2) is 30.8 Å². The SMILES string of the molecule is CCc1ccc(C2(C(C)=O)CCN(C)CC2)cc1. The van der Waals surface area contributed by atoms with Crippen LogP contribution in [0, 0.1) is 0 Å². The van der Waals surface area contributed by atoms with Gasteiger partial charge in [-0.05, 0) is 57.5 Å². The van der Waals surface area contributed by atoms with E-state index in [1.54, 1.807) is 6.92 Å². The van der Waals surface area contributed by atoms with Gasteiger partial charge in [0.15, 0.2) is 0 Å². The minimum absolute atomic E-state index is 0.237. The van der Waals surface area contributed by atoms with Crippen molar-refractivity contribution in [3.8, 4) is 0 Å². The molecular weight excluding hydrogens is 222 g/mol. The van der Waals surface area contributed by atoms with Crippen LogP contribution in [0.25, 0.3) is 0 Å². The van der Waals surface area contributed by atoms with Gasteiger partial charge in [0.05, 0.1) is 5.41 Å². The molecule has 0 radical (unpaired) electrons. The Morgan fingerprint density at radius 2 is 1.78 bits per heavy atom. The minimum Gasteiger partial charge on any atom is -0.306 e. The molecule has 1 aromatic rings. The van der Waals surface area contributed by atoms with E-state index in [-0.39, 0.29) is 5.41 Å². The minimum atomic E-state index is -0.237. The van der Waals surface area contributed by atoms with Crippen molar-refractivity contribution in [3.05, 3.63) is 35.4 Å². The Labute approximate surface area is 110 Å². The Bertz CT molecular complexity index is 413. The fourth-order valence-corrected chi connectivity index (χ4v) is 2.90. The Kier molecular flexibility index (Phi) is 3.86. The van der Waals surface area contributed by atoms with Crippen LogP contribution in [0.1, 0.15) is 37.8 Å². The van der Waals surface area contributed by atoms with Gasteiger partial charge in [-0.2, -0.15) is 0 Å². The van der Waals surface area contributed by atoms with Gasteiger partial charge in [-0.3, -0.25) is 4.79 Å². The highest BCUT2D eigenvalue weighted by atomic mass is 16.1. The Morgan fingerprint density at radius 1 is 1.22 bits per heavy atom. The average molecular weight is 245 g/mol. The standard InChI is InChI=1S/C16H23NO/c1-4-14-5-7-15(8-6-14)16(13(2)18)9-11-17(3)12-10-16/h5-8H,4,9-12H2,1-3H3. The highest BCUT2D eigenvalue weighted by Gasteiger charge is 2.39. The zero-order valence-corrected chi connectivity index (χ0v) is 11.7. The third kappa shape index (κ3) is 2.35. The van der Waals surface area contributed by atoms with Crippen LogP contribution in [0.4, 0.5) is 0 Å². The number of carbonyl (C=O) groups excluding carboxylic acids is 1. The quantitative estimate of drug-likeness (QED) is 0.816. The number of hydrogen-bond acceptors (Lipinski definition) is 2. The molecule has 0 amide bonds. The van der Waals surface area contributed by atoms with Crippen molar-refractivity contribution >= 4 is 5.78 Å². The first-order chi connectivity index (χ1) is 8.58. The molecule has 1 heterocycles. The maximum atomic E-state index is 12.2. The number of carbonyl (C=O) groups is 1. The highest BCUT2D eigenvalue weighted by Crippen LogP contribution is 2.36. The van der Waals surface area contributed by atoms with Gasteiger partial charge in [0.25, 0.3) is 0 Å². The molecule has 18 heavy (non-hydrogen) atoms. The van der Waals surface area contributed by atoms with E-state index in [4.69, 9.17) is 0 Å². The lowest BCUT2D eigenvalue weighted by Gasteiger charge is -2.39. The summed E-state index contributed by atoms with van der Waals surface area (Å²) in [4.78, 5) is 14.5. The van der Waals surface area contributed by atoms with Gasteiger partial charge in [0.1, 0.15) is 5.78 Å². The lowest BCUT2D eigenvalue weighted by molar-refractivity contribution is -0.124.